The van der Waals surface area contributed by atoms with E-state index in [1.165, 1.54) is 6.33 Å². The molecule has 2 heterocycles. The van der Waals surface area contributed by atoms with Gasteiger partial charge in [0.05, 0.1) is 13.8 Å². The quantitative estimate of drug-likeness (QED) is 0.748. The molecule has 0 fully saturated rings. The van der Waals surface area contributed by atoms with Crippen LogP contribution >= 0.6 is 33.9 Å². The van der Waals surface area contributed by atoms with Gasteiger partial charge in [-0.05, 0) is 22.6 Å². The lowest BCUT2D eigenvalue weighted by molar-refractivity contribution is 1.23. The van der Waals surface area contributed by atoms with Gasteiger partial charge in [0.2, 0.25) is 0 Å². The monoisotopic (exact) mass is 277 g/mol. The molecule has 2 rings (SSSR count). The zero-order valence-corrected chi connectivity index (χ0v) is 8.39. The summed E-state index contributed by atoms with van der Waals surface area (Å²) in [5, 5.41) is 2.02. The first-order chi connectivity index (χ1) is 5.29. The summed E-state index contributed by atoms with van der Waals surface area (Å²) in [5.74, 6) is 0.572. The van der Waals surface area contributed by atoms with Gasteiger partial charge in [0.25, 0.3) is 0 Å². The van der Waals surface area contributed by atoms with Gasteiger partial charge >= 0.3 is 0 Å². The van der Waals surface area contributed by atoms with Crippen molar-refractivity contribution in [2.75, 3.05) is 5.73 Å². The molecule has 0 aliphatic rings. The fourth-order valence-corrected chi connectivity index (χ4v) is 2.59. The minimum Gasteiger partial charge on any atom is -0.382 e. The van der Waals surface area contributed by atoms with E-state index in [2.05, 4.69) is 32.6 Å². The van der Waals surface area contributed by atoms with Crippen molar-refractivity contribution in [1.82, 2.24) is 9.97 Å². The van der Waals surface area contributed by atoms with Crippen molar-refractivity contribution in [3.05, 3.63) is 15.3 Å². The number of nitrogens with zero attached hydrogens (tertiary/aromatic N) is 2. The Morgan fingerprint density at radius 2 is 2.27 bits per heavy atom. The molecular formula is C6H4IN3S. The molecule has 0 saturated heterocycles. The lowest BCUT2D eigenvalue weighted by atomic mass is 10.4. The Hall–Kier alpha value is -0.430. The van der Waals surface area contributed by atoms with Crippen molar-refractivity contribution in [1.29, 1.82) is 0 Å². The first-order valence-electron chi connectivity index (χ1n) is 2.92. The number of aromatic nitrogens is 2. The summed E-state index contributed by atoms with van der Waals surface area (Å²) in [6, 6.07) is 0. The van der Waals surface area contributed by atoms with E-state index in [0.29, 0.717) is 5.82 Å². The summed E-state index contributed by atoms with van der Waals surface area (Å²) in [6.07, 6.45) is 1.49. The van der Waals surface area contributed by atoms with Gasteiger partial charge in [-0.2, -0.15) is 0 Å². The Bertz CT molecular complexity index is 398. The molecule has 56 valence electrons. The Morgan fingerprint density at radius 1 is 1.45 bits per heavy atom. The van der Waals surface area contributed by atoms with Crippen LogP contribution in [-0.2, 0) is 0 Å². The largest absolute Gasteiger partial charge is 0.382 e. The van der Waals surface area contributed by atoms with Crippen molar-refractivity contribution >= 4 is 50.0 Å². The van der Waals surface area contributed by atoms with Crippen LogP contribution in [0.25, 0.3) is 10.2 Å². The van der Waals surface area contributed by atoms with Crippen molar-refractivity contribution in [3.8, 4) is 0 Å². The lowest BCUT2D eigenvalue weighted by Crippen LogP contribution is -1.90. The Kier molecular flexibility index (Phi) is 1.68. The maximum Gasteiger partial charge on any atom is 0.144 e. The van der Waals surface area contributed by atoms with E-state index >= 15 is 0 Å². The number of nitrogen functional groups attached to an aromatic ring is 1. The second-order valence-electron chi connectivity index (χ2n) is 2.02. The summed E-state index contributed by atoms with van der Waals surface area (Å²) >= 11 is 3.82. The average molecular weight is 277 g/mol. The molecule has 11 heavy (non-hydrogen) atoms. The van der Waals surface area contributed by atoms with Crippen LogP contribution in [0.1, 0.15) is 0 Å². The van der Waals surface area contributed by atoms with Crippen LogP contribution in [0.2, 0.25) is 0 Å². The van der Waals surface area contributed by atoms with Crippen molar-refractivity contribution in [2.24, 2.45) is 0 Å². The van der Waals surface area contributed by atoms with Crippen molar-refractivity contribution in [2.45, 2.75) is 0 Å². The van der Waals surface area contributed by atoms with Gasteiger partial charge < -0.3 is 5.73 Å². The highest BCUT2D eigenvalue weighted by Crippen LogP contribution is 2.27. The fraction of sp³-hybridized carbons (Fsp3) is 0. The number of halogens is 1. The first kappa shape index (κ1) is 7.23. The van der Waals surface area contributed by atoms with Crippen LogP contribution in [0.3, 0.4) is 0 Å². The highest BCUT2D eigenvalue weighted by atomic mass is 127. The van der Waals surface area contributed by atoms with E-state index in [4.69, 9.17) is 5.73 Å². The number of nitrogens with two attached hydrogens (primary N) is 1. The van der Waals surface area contributed by atoms with Crippen molar-refractivity contribution in [3.63, 3.8) is 0 Å². The molecule has 0 saturated carbocycles. The van der Waals surface area contributed by atoms with Crippen LogP contribution < -0.4 is 5.73 Å². The molecule has 2 aromatic heterocycles. The van der Waals surface area contributed by atoms with Crippen LogP contribution in [0.15, 0.2) is 11.7 Å². The zero-order valence-electron chi connectivity index (χ0n) is 5.41. The lowest BCUT2D eigenvalue weighted by Gasteiger charge is -1.91. The molecule has 0 spiro atoms. The molecule has 3 nitrogen and oxygen atoms in total. The first-order valence-corrected chi connectivity index (χ1v) is 4.88. The summed E-state index contributed by atoms with van der Waals surface area (Å²) in [5.41, 5.74) is 6.59. The molecule has 2 N–H and O–H groups in total. The fourth-order valence-electron chi connectivity index (χ4n) is 0.840. The predicted molar refractivity (Wildman–Crippen MR) is 54.5 cm³/mol. The summed E-state index contributed by atoms with van der Waals surface area (Å²) in [7, 11) is 0. The number of hydrogen-bond donors (Lipinski definition) is 1. The summed E-state index contributed by atoms with van der Waals surface area (Å²) in [4.78, 5) is 8.01. The van der Waals surface area contributed by atoms with Gasteiger partial charge in [0.1, 0.15) is 12.1 Å². The normalized spacial score (nSPS) is 10.6. The number of hydrogen-bond acceptors (Lipinski definition) is 4. The van der Waals surface area contributed by atoms with Crippen LogP contribution in [0.5, 0.6) is 0 Å². The smallest absolute Gasteiger partial charge is 0.144 e. The van der Waals surface area contributed by atoms with Crippen LogP contribution in [0.4, 0.5) is 5.82 Å². The van der Waals surface area contributed by atoms with E-state index in [9.17, 15) is 0 Å². The molecular weight excluding hydrogens is 273 g/mol. The standard InChI is InChI=1S/C6H4IN3S/c7-3-1-11-5-4(3)9-2-10-6(5)8/h1-2H,(H2,8,9,10). The van der Waals surface area contributed by atoms with Gasteiger partial charge in [-0.1, -0.05) is 0 Å². The summed E-state index contributed by atoms with van der Waals surface area (Å²) in [6.45, 7) is 0. The number of anilines is 1. The van der Waals surface area contributed by atoms with Crippen molar-refractivity contribution < 1.29 is 0 Å². The third-order valence-electron chi connectivity index (χ3n) is 1.34. The van der Waals surface area contributed by atoms with Gasteiger partial charge in [0.15, 0.2) is 0 Å². The predicted octanol–water partition coefficient (Wildman–Crippen LogP) is 1.88. The highest BCUT2D eigenvalue weighted by Gasteiger charge is 2.04. The molecule has 0 aromatic carbocycles. The molecule has 0 radical (unpaired) electrons. The average Bonchev–Trinajstić information content (AvgIpc) is 2.35. The molecule has 0 atom stereocenters. The molecule has 0 aliphatic heterocycles. The Labute approximate surface area is 80.8 Å². The van der Waals surface area contributed by atoms with Crippen LogP contribution in [0, 0.1) is 3.57 Å². The number of fused-ring (bicyclic) bond motifs is 1. The second-order valence-corrected chi connectivity index (χ2v) is 4.06. The third-order valence-corrected chi connectivity index (χ3v) is 3.57. The van der Waals surface area contributed by atoms with E-state index in [0.717, 1.165) is 13.8 Å². The maximum atomic E-state index is 5.63. The van der Waals surface area contributed by atoms with Gasteiger partial charge in [-0.3, -0.25) is 0 Å². The molecule has 2 aromatic rings. The van der Waals surface area contributed by atoms with Gasteiger partial charge in [0, 0.05) is 5.38 Å². The number of thiophene rings is 1. The second kappa shape index (κ2) is 2.56. The van der Waals surface area contributed by atoms with E-state index in [-0.39, 0.29) is 0 Å². The van der Waals surface area contributed by atoms with Gasteiger partial charge in [-0.15, -0.1) is 11.3 Å². The maximum absolute atomic E-state index is 5.63. The Morgan fingerprint density at radius 3 is 3.00 bits per heavy atom. The van der Waals surface area contributed by atoms with E-state index < -0.39 is 0 Å². The van der Waals surface area contributed by atoms with Gasteiger partial charge in [-0.25, -0.2) is 9.97 Å². The molecule has 0 bridgehead atoms. The molecule has 0 amide bonds. The topological polar surface area (TPSA) is 51.8 Å². The molecule has 0 aliphatic carbocycles. The minimum atomic E-state index is 0.572. The number of rotatable bonds is 0. The van der Waals surface area contributed by atoms with Crippen LogP contribution in [-0.4, -0.2) is 9.97 Å². The zero-order chi connectivity index (χ0) is 7.84. The van der Waals surface area contributed by atoms with E-state index in [1.54, 1.807) is 11.3 Å². The third kappa shape index (κ3) is 1.08. The summed E-state index contributed by atoms with van der Waals surface area (Å²) < 4.78 is 2.12. The molecule has 0 unspecified atom stereocenters. The minimum absolute atomic E-state index is 0.572. The molecule has 5 heteroatoms. The SMILES string of the molecule is Nc1ncnc2c(I)csc12. The van der Waals surface area contributed by atoms with E-state index in [1.807, 2.05) is 5.38 Å². The highest BCUT2D eigenvalue weighted by molar-refractivity contribution is 14.1. The Balaban J connectivity index is 2.94.